The molecule has 1 aliphatic carbocycles. The first-order valence-electron chi connectivity index (χ1n) is 9.71. The monoisotopic (exact) mass is 363 g/mol. The van der Waals surface area contributed by atoms with E-state index in [2.05, 4.69) is 16.0 Å². The van der Waals surface area contributed by atoms with Gasteiger partial charge < -0.3 is 14.6 Å². The van der Waals surface area contributed by atoms with Gasteiger partial charge in [-0.2, -0.15) is 0 Å². The fourth-order valence-electron chi connectivity index (χ4n) is 3.28. The summed E-state index contributed by atoms with van der Waals surface area (Å²) in [5.41, 5.74) is 2.14. The van der Waals surface area contributed by atoms with Gasteiger partial charge >= 0.3 is 0 Å². The molecule has 1 saturated carbocycles. The number of para-hydroxylation sites is 3. The van der Waals surface area contributed by atoms with Crippen molar-refractivity contribution in [2.75, 3.05) is 13.2 Å². The van der Waals surface area contributed by atoms with Crippen LogP contribution in [-0.2, 0) is 17.8 Å². The van der Waals surface area contributed by atoms with Gasteiger partial charge in [0.15, 0.2) is 0 Å². The Labute approximate surface area is 159 Å². The highest BCUT2D eigenvalue weighted by atomic mass is 16.5. The molecular weight excluding hydrogens is 338 g/mol. The number of nitrogens with zero attached hydrogens (tertiary/aromatic N) is 2. The molecule has 4 rings (SSSR count). The Kier molecular flexibility index (Phi) is 5.37. The molecule has 0 saturated heterocycles. The number of hydrogen-bond donors (Lipinski definition) is 1. The Hall–Kier alpha value is -2.82. The summed E-state index contributed by atoms with van der Waals surface area (Å²) in [6, 6.07) is 18.1. The molecule has 0 aliphatic heterocycles. The van der Waals surface area contributed by atoms with Crippen LogP contribution in [0, 0.1) is 5.92 Å². The van der Waals surface area contributed by atoms with Crippen LogP contribution in [0.5, 0.6) is 5.75 Å². The Bertz CT molecular complexity index is 900. The number of ether oxygens (including phenoxy) is 1. The number of fused-ring (bicyclic) bond motifs is 1. The van der Waals surface area contributed by atoms with Crippen LogP contribution >= 0.6 is 0 Å². The smallest absolute Gasteiger partial charge is 0.223 e. The predicted molar refractivity (Wildman–Crippen MR) is 106 cm³/mol. The fourth-order valence-corrected chi connectivity index (χ4v) is 3.28. The van der Waals surface area contributed by atoms with Gasteiger partial charge in [-0.15, -0.1) is 0 Å². The summed E-state index contributed by atoms with van der Waals surface area (Å²) in [6.45, 7) is 2.15. The maximum atomic E-state index is 11.8. The minimum absolute atomic E-state index is 0.189. The van der Waals surface area contributed by atoms with Crippen molar-refractivity contribution < 1.29 is 9.53 Å². The molecule has 27 heavy (non-hydrogen) atoms. The van der Waals surface area contributed by atoms with Gasteiger partial charge in [-0.25, -0.2) is 4.98 Å². The number of carbonyl (C=O) groups excluding carboxylic acids is 1. The van der Waals surface area contributed by atoms with E-state index in [9.17, 15) is 4.79 Å². The zero-order chi connectivity index (χ0) is 18.5. The van der Waals surface area contributed by atoms with E-state index in [1.807, 2.05) is 48.5 Å². The van der Waals surface area contributed by atoms with E-state index in [-0.39, 0.29) is 11.8 Å². The predicted octanol–water partition coefficient (Wildman–Crippen LogP) is 3.57. The molecule has 140 valence electrons. The third-order valence-corrected chi connectivity index (χ3v) is 4.87. The molecule has 0 atom stereocenters. The zero-order valence-electron chi connectivity index (χ0n) is 15.4. The van der Waals surface area contributed by atoms with Gasteiger partial charge in [0.2, 0.25) is 5.91 Å². The van der Waals surface area contributed by atoms with Crippen LogP contribution in [-0.4, -0.2) is 28.6 Å². The maximum absolute atomic E-state index is 11.8. The number of carbonyl (C=O) groups is 1. The largest absolute Gasteiger partial charge is 0.494 e. The number of nitrogens with one attached hydrogen (secondary N) is 1. The van der Waals surface area contributed by atoms with Gasteiger partial charge in [0, 0.05) is 25.4 Å². The Morgan fingerprint density at radius 1 is 1.11 bits per heavy atom. The summed E-state index contributed by atoms with van der Waals surface area (Å²) in [5, 5.41) is 3.04. The van der Waals surface area contributed by atoms with E-state index in [4.69, 9.17) is 9.72 Å². The maximum Gasteiger partial charge on any atom is 0.223 e. The lowest BCUT2D eigenvalue weighted by molar-refractivity contribution is -0.122. The summed E-state index contributed by atoms with van der Waals surface area (Å²) < 4.78 is 8.07. The fraction of sp³-hybridized carbons (Fsp3) is 0.364. The molecule has 1 fully saturated rings. The first-order chi connectivity index (χ1) is 13.3. The number of rotatable bonds is 9. The third kappa shape index (κ3) is 4.48. The Morgan fingerprint density at radius 2 is 1.89 bits per heavy atom. The quantitative estimate of drug-likeness (QED) is 0.591. The molecule has 0 unspecified atom stereocenters. The number of amides is 1. The summed E-state index contributed by atoms with van der Waals surface area (Å²) in [6.07, 6.45) is 3.71. The number of hydrogen-bond acceptors (Lipinski definition) is 3. The number of aryl methyl sites for hydroxylation is 1. The summed E-state index contributed by atoms with van der Waals surface area (Å²) in [5.74, 6) is 2.36. The minimum Gasteiger partial charge on any atom is -0.494 e. The number of imidazole rings is 1. The molecule has 3 aromatic rings. The van der Waals surface area contributed by atoms with Gasteiger partial charge in [-0.05, 0) is 43.5 Å². The van der Waals surface area contributed by atoms with Crippen molar-refractivity contribution in [2.45, 2.75) is 32.2 Å². The highest BCUT2D eigenvalue weighted by Gasteiger charge is 2.29. The van der Waals surface area contributed by atoms with Gasteiger partial charge in [0.05, 0.1) is 17.6 Å². The molecule has 0 radical (unpaired) electrons. The van der Waals surface area contributed by atoms with Crippen LogP contribution in [0.3, 0.4) is 0 Å². The Morgan fingerprint density at radius 3 is 2.70 bits per heavy atom. The molecule has 1 N–H and O–H groups in total. The second kappa shape index (κ2) is 8.25. The first kappa shape index (κ1) is 17.6. The van der Waals surface area contributed by atoms with Crippen LogP contribution in [0.1, 0.15) is 25.1 Å². The molecule has 1 aromatic heterocycles. The molecular formula is C22H25N3O2. The lowest BCUT2D eigenvalue weighted by Crippen LogP contribution is -2.27. The second-order valence-corrected chi connectivity index (χ2v) is 7.00. The normalized spacial score (nSPS) is 13.6. The van der Waals surface area contributed by atoms with Crippen LogP contribution in [0.2, 0.25) is 0 Å². The molecule has 5 heteroatoms. The van der Waals surface area contributed by atoms with Crippen LogP contribution in [0.15, 0.2) is 54.6 Å². The van der Waals surface area contributed by atoms with Crippen molar-refractivity contribution >= 4 is 16.9 Å². The lowest BCUT2D eigenvalue weighted by atomic mass is 10.3. The van der Waals surface area contributed by atoms with Crippen molar-refractivity contribution in [1.82, 2.24) is 14.9 Å². The molecule has 1 heterocycles. The van der Waals surface area contributed by atoms with E-state index in [1.165, 1.54) is 0 Å². The van der Waals surface area contributed by atoms with Crippen LogP contribution < -0.4 is 10.1 Å². The highest BCUT2D eigenvalue weighted by Crippen LogP contribution is 2.28. The second-order valence-electron chi connectivity index (χ2n) is 7.00. The standard InChI is InChI=1S/C22H25N3O2/c26-22(17-11-12-17)23-14-13-21-24-19-9-4-5-10-20(19)25(21)15-6-16-27-18-7-2-1-3-8-18/h1-5,7-10,17H,6,11-16H2,(H,23,26). The van der Waals surface area contributed by atoms with Crippen molar-refractivity contribution in [3.8, 4) is 5.75 Å². The molecule has 2 aromatic carbocycles. The molecule has 1 aliphatic rings. The highest BCUT2D eigenvalue weighted by molar-refractivity contribution is 5.80. The average Bonchev–Trinajstić information content (AvgIpc) is 3.49. The van der Waals surface area contributed by atoms with E-state index >= 15 is 0 Å². The van der Waals surface area contributed by atoms with Crippen molar-refractivity contribution in [2.24, 2.45) is 5.92 Å². The summed E-state index contributed by atoms with van der Waals surface area (Å²) in [7, 11) is 0. The van der Waals surface area contributed by atoms with Gasteiger partial charge in [-0.1, -0.05) is 30.3 Å². The summed E-state index contributed by atoms with van der Waals surface area (Å²) in [4.78, 5) is 16.6. The third-order valence-electron chi connectivity index (χ3n) is 4.87. The SMILES string of the molecule is O=C(NCCc1nc2ccccc2n1CCCOc1ccccc1)C1CC1. The van der Waals surface area contributed by atoms with Crippen molar-refractivity contribution in [3.63, 3.8) is 0 Å². The van der Waals surface area contributed by atoms with Gasteiger partial charge in [0.25, 0.3) is 0 Å². The molecule has 0 bridgehead atoms. The van der Waals surface area contributed by atoms with E-state index in [1.54, 1.807) is 0 Å². The lowest BCUT2D eigenvalue weighted by Gasteiger charge is -2.11. The molecule has 0 spiro atoms. The number of benzene rings is 2. The zero-order valence-corrected chi connectivity index (χ0v) is 15.4. The number of aromatic nitrogens is 2. The van der Waals surface area contributed by atoms with E-state index < -0.39 is 0 Å². The van der Waals surface area contributed by atoms with E-state index in [0.717, 1.165) is 54.8 Å². The minimum atomic E-state index is 0.189. The summed E-state index contributed by atoms with van der Waals surface area (Å²) >= 11 is 0. The topological polar surface area (TPSA) is 56.2 Å². The average molecular weight is 363 g/mol. The molecule has 1 amide bonds. The van der Waals surface area contributed by atoms with E-state index in [0.29, 0.717) is 13.2 Å². The van der Waals surface area contributed by atoms with Gasteiger partial charge in [-0.3, -0.25) is 4.79 Å². The van der Waals surface area contributed by atoms with Crippen molar-refractivity contribution in [1.29, 1.82) is 0 Å². The Balaban J connectivity index is 1.37. The van der Waals surface area contributed by atoms with Gasteiger partial charge in [0.1, 0.15) is 11.6 Å². The van der Waals surface area contributed by atoms with Crippen molar-refractivity contribution in [3.05, 3.63) is 60.4 Å². The first-order valence-corrected chi connectivity index (χ1v) is 9.71. The van der Waals surface area contributed by atoms with Crippen LogP contribution in [0.25, 0.3) is 11.0 Å². The van der Waals surface area contributed by atoms with Crippen LogP contribution in [0.4, 0.5) is 0 Å². The molecule has 5 nitrogen and oxygen atoms in total.